The second kappa shape index (κ2) is 49.0. The van der Waals surface area contributed by atoms with Gasteiger partial charge in [-0.15, -0.1) is 0 Å². The van der Waals surface area contributed by atoms with E-state index in [1.165, 1.54) is 34.6 Å². The average Bonchev–Trinajstić information content (AvgIpc) is 1.56. The largest absolute Gasteiger partial charge is 0.481 e. The second-order valence-corrected chi connectivity index (χ2v) is 28.7. The lowest BCUT2D eigenvalue weighted by Gasteiger charge is -2.31. The van der Waals surface area contributed by atoms with E-state index in [1.807, 2.05) is 5.32 Å². The summed E-state index contributed by atoms with van der Waals surface area (Å²) in [5, 5.41) is 91.8. The van der Waals surface area contributed by atoms with Gasteiger partial charge in [0, 0.05) is 19.4 Å². The molecule has 0 aromatic rings. The van der Waals surface area contributed by atoms with Crippen LogP contribution in [0.5, 0.6) is 0 Å². The van der Waals surface area contributed by atoms with Crippen molar-refractivity contribution in [3.63, 3.8) is 0 Å². The minimum absolute atomic E-state index is 0.00562. The van der Waals surface area contributed by atoms with Gasteiger partial charge in [-0.25, -0.2) is 4.79 Å². The predicted octanol–water partition coefficient (Wildman–Crippen LogP) is -7.14. The zero-order valence-electron chi connectivity index (χ0n) is 64.2. The van der Waals surface area contributed by atoms with E-state index < -0.39 is 273 Å². The first kappa shape index (κ1) is 97.8. The molecule has 0 bridgehead atoms. The molecule has 1 aliphatic rings. The van der Waals surface area contributed by atoms with Crippen LogP contribution in [0.4, 0.5) is 0 Å². The highest BCUT2D eigenvalue weighted by molar-refractivity contribution is 6.01. The number of unbranched alkanes of at least 4 members (excludes halogenated alkanes) is 1. The summed E-state index contributed by atoms with van der Waals surface area (Å²) < 4.78 is 0. The maximum absolute atomic E-state index is 14.3. The minimum Gasteiger partial charge on any atom is -0.481 e. The van der Waals surface area contributed by atoms with Gasteiger partial charge >= 0.3 is 23.9 Å². The van der Waals surface area contributed by atoms with Gasteiger partial charge in [-0.1, -0.05) is 69.2 Å². The van der Waals surface area contributed by atoms with Crippen LogP contribution in [0.3, 0.4) is 0 Å². The Labute approximate surface area is 636 Å². The molecule has 622 valence electrons. The van der Waals surface area contributed by atoms with Crippen LogP contribution in [-0.2, 0) is 91.1 Å². The highest BCUT2D eigenvalue weighted by atomic mass is 16.4. The van der Waals surface area contributed by atoms with E-state index in [1.54, 1.807) is 41.5 Å². The summed E-state index contributed by atoms with van der Waals surface area (Å²) in [6.45, 7) is 15.2. The molecular weight excluding hydrogens is 1450 g/mol. The zero-order chi connectivity index (χ0) is 84.1. The molecule has 0 radical (unpaired) electrons. The minimum atomic E-state index is -1.86. The van der Waals surface area contributed by atoms with Gasteiger partial charge in [0.1, 0.15) is 72.5 Å². The van der Waals surface area contributed by atoms with Crippen LogP contribution in [0.25, 0.3) is 0 Å². The summed E-state index contributed by atoms with van der Waals surface area (Å²) in [5.74, 6) is -23.3. The lowest BCUT2D eigenvalue weighted by Crippen LogP contribution is -2.63. The van der Waals surface area contributed by atoms with Gasteiger partial charge in [0.15, 0.2) is 0 Å². The molecule has 1 aliphatic heterocycles. The van der Waals surface area contributed by atoms with Gasteiger partial charge < -0.3 is 121 Å². The third-order valence-corrected chi connectivity index (χ3v) is 17.0. The summed E-state index contributed by atoms with van der Waals surface area (Å²) in [6, 6.07) is -19.4. The Balaban J connectivity index is 3.23. The van der Waals surface area contributed by atoms with Crippen molar-refractivity contribution >= 4 is 112 Å². The Kier molecular flexibility index (Phi) is 43.6. The molecule has 1 fully saturated rings. The number of nitrogens with zero attached hydrogens (tertiary/aromatic N) is 1. The molecule has 1 heterocycles. The molecule has 0 aliphatic carbocycles. The standard InChI is InChI=1S/C68H115N17O25/c1-31(2)24-41(78-59(100)42(26-51(95)96)75-48(90)29-73-63(104)52(33(5)6)81-58(99)38(16-13-14-22-69)76-56(97)36(11)70)60(101)82-54(35(9)10)65(106)84-55(37(12)87)66(107)83-53(34(7)8)64(105)80-44(30-86)61(102)79-43(25-32(3)4)67(108)85-23-15-17-45(85)62(103)72-27-46(88)71-28-47(89)74-39(18-20-49(91)92)57(98)77-40(68(109)110)19-21-50(93)94/h31-45,52-55,86-87H,13-30,69-70H2,1-12H3,(H,71,88)(H,72,103)(H,73,104)(H,74,89)(H,75,90)(H,76,97)(H,77,98)(H,78,100)(H,79,102)(H,80,105)(H,81,99)(H,82,101)(H,83,107)(H,84,106)(H,91,92)(H,93,94)(H,95,96)(H,109,110)/t36-,37+,38-,39-,40-,41-,42-,43-,44-,45-,52-,53-,54-,55-/m0/s1. The summed E-state index contributed by atoms with van der Waals surface area (Å²) >= 11 is 0. The maximum Gasteiger partial charge on any atom is 0.326 e. The zero-order valence-corrected chi connectivity index (χ0v) is 64.2. The smallest absolute Gasteiger partial charge is 0.326 e. The SMILES string of the molecule is CC(C)C[C@H](NC(=O)[C@H](CC(=O)O)NC(=O)CNC(=O)[C@@H](NC(=O)[C@H](CCCCN)NC(=O)[C@H](C)N)C(C)C)C(=O)N[C@H](C(=O)N[C@H](C(=O)N[C@H](C(=O)N[C@@H](CO)C(=O)N[C@@H](CC(C)C)C(=O)N1CCC[C@H]1C(=O)NCC(=O)NCC(=O)N[C@@H](CCC(=O)O)C(=O)N[C@@H](CCC(=O)O)C(=O)O)C(C)C)[C@@H](C)O)C(C)C. The van der Waals surface area contributed by atoms with Crippen LogP contribution < -0.4 is 85.9 Å². The van der Waals surface area contributed by atoms with E-state index in [4.69, 9.17) is 21.7 Å². The van der Waals surface area contributed by atoms with Gasteiger partial charge in [-0.2, -0.15) is 0 Å². The number of amides is 15. The molecule has 14 atom stereocenters. The van der Waals surface area contributed by atoms with E-state index in [0.29, 0.717) is 19.4 Å². The van der Waals surface area contributed by atoms with E-state index in [2.05, 4.69) is 69.1 Å². The van der Waals surface area contributed by atoms with Crippen LogP contribution >= 0.6 is 0 Å². The number of aliphatic hydroxyl groups excluding tert-OH is 2. The molecule has 1 saturated heterocycles. The highest BCUT2D eigenvalue weighted by Crippen LogP contribution is 2.21. The average molecular weight is 1570 g/mol. The number of hydrogen-bond acceptors (Lipinski definition) is 23. The first-order valence-corrected chi connectivity index (χ1v) is 36.3. The van der Waals surface area contributed by atoms with Crippen molar-refractivity contribution < 1.29 is 122 Å². The molecule has 0 saturated carbocycles. The van der Waals surface area contributed by atoms with Crippen LogP contribution in [0.2, 0.25) is 0 Å². The van der Waals surface area contributed by atoms with Crippen molar-refractivity contribution in [1.29, 1.82) is 0 Å². The number of nitrogens with one attached hydrogen (secondary N) is 14. The molecular formula is C68H115N17O25. The number of hydrogen-bond donors (Lipinski definition) is 22. The van der Waals surface area contributed by atoms with E-state index in [-0.39, 0.29) is 50.5 Å². The number of nitrogens with two attached hydrogens (primary N) is 2. The fourth-order valence-electron chi connectivity index (χ4n) is 11.0. The Morgan fingerprint density at radius 1 is 0.409 bits per heavy atom. The molecule has 42 nitrogen and oxygen atoms in total. The van der Waals surface area contributed by atoms with E-state index in [9.17, 15) is 112 Å². The number of carboxylic acid groups (broad SMARTS) is 4. The molecule has 0 spiro atoms. The topological polar surface area (TPSA) is 669 Å². The van der Waals surface area contributed by atoms with Crippen LogP contribution in [-0.4, -0.2) is 272 Å². The molecule has 0 aromatic carbocycles. The quantitative estimate of drug-likeness (QED) is 0.0252. The summed E-state index contributed by atoms with van der Waals surface area (Å²) in [5.41, 5.74) is 11.3. The maximum atomic E-state index is 14.3. The number of likely N-dealkylation sites (tertiary alicyclic amines) is 1. The van der Waals surface area contributed by atoms with Gasteiger partial charge in [0.25, 0.3) is 0 Å². The Morgan fingerprint density at radius 2 is 0.809 bits per heavy atom. The summed E-state index contributed by atoms with van der Waals surface area (Å²) in [4.78, 5) is 250. The van der Waals surface area contributed by atoms with Gasteiger partial charge in [0.05, 0.1) is 44.8 Å². The third kappa shape index (κ3) is 35.9. The van der Waals surface area contributed by atoms with Crippen LogP contribution in [0.1, 0.15) is 160 Å². The second-order valence-electron chi connectivity index (χ2n) is 28.7. The van der Waals surface area contributed by atoms with E-state index >= 15 is 0 Å². The lowest BCUT2D eigenvalue weighted by molar-refractivity contribution is -0.144. The first-order valence-electron chi connectivity index (χ1n) is 36.3. The Bertz CT molecular complexity index is 3220. The Morgan fingerprint density at radius 3 is 1.30 bits per heavy atom. The van der Waals surface area contributed by atoms with Crippen molar-refractivity contribution in [2.45, 2.75) is 245 Å². The number of aliphatic hydroxyl groups is 2. The van der Waals surface area contributed by atoms with Crippen molar-refractivity contribution in [3.8, 4) is 0 Å². The lowest BCUT2D eigenvalue weighted by atomic mass is 9.98. The van der Waals surface area contributed by atoms with Crippen molar-refractivity contribution in [3.05, 3.63) is 0 Å². The number of carbonyl (C=O) groups is 19. The van der Waals surface area contributed by atoms with Crippen LogP contribution in [0.15, 0.2) is 0 Å². The molecule has 110 heavy (non-hydrogen) atoms. The number of rotatable bonds is 51. The summed E-state index contributed by atoms with van der Waals surface area (Å²) in [6.07, 6.45) is -3.83. The fraction of sp³-hybridized carbons (Fsp3) is 0.721. The van der Waals surface area contributed by atoms with Gasteiger partial charge in [0.2, 0.25) is 88.6 Å². The van der Waals surface area contributed by atoms with Gasteiger partial charge in [-0.05, 0) is 108 Å². The van der Waals surface area contributed by atoms with Crippen molar-refractivity contribution in [1.82, 2.24) is 79.3 Å². The van der Waals surface area contributed by atoms with Gasteiger partial charge in [-0.3, -0.25) is 86.3 Å². The van der Waals surface area contributed by atoms with Crippen LogP contribution in [0, 0.1) is 29.6 Å². The number of carbonyl (C=O) groups excluding carboxylic acids is 15. The van der Waals surface area contributed by atoms with Crippen molar-refractivity contribution in [2.24, 2.45) is 41.1 Å². The molecule has 42 heteroatoms. The molecule has 15 amide bonds. The number of aliphatic carboxylic acids is 4. The normalized spacial score (nSPS) is 16.2. The fourth-order valence-corrected chi connectivity index (χ4v) is 11.0. The van der Waals surface area contributed by atoms with Crippen molar-refractivity contribution in [2.75, 3.05) is 39.3 Å². The molecule has 1 rings (SSSR count). The molecule has 0 aromatic heterocycles. The monoisotopic (exact) mass is 1570 g/mol. The third-order valence-electron chi connectivity index (χ3n) is 17.0. The molecule has 0 unspecified atom stereocenters. The molecule has 24 N–H and O–H groups in total. The van der Waals surface area contributed by atoms with E-state index in [0.717, 1.165) is 11.8 Å². The first-order chi connectivity index (χ1) is 51.3. The predicted molar refractivity (Wildman–Crippen MR) is 387 cm³/mol. The summed E-state index contributed by atoms with van der Waals surface area (Å²) in [7, 11) is 0. The Hall–Kier alpha value is -10.2. The number of carboxylic acids is 4. The highest BCUT2D eigenvalue weighted by Gasteiger charge is 2.42.